The number of anilines is 2. The quantitative estimate of drug-likeness (QED) is 0.520. The highest BCUT2D eigenvalue weighted by molar-refractivity contribution is 7.89. The van der Waals surface area contributed by atoms with Crippen molar-refractivity contribution in [1.29, 1.82) is 0 Å². The first-order chi connectivity index (χ1) is 9.29. The molecule has 0 spiro atoms. The van der Waals surface area contributed by atoms with E-state index in [1.807, 2.05) is 0 Å². The van der Waals surface area contributed by atoms with Gasteiger partial charge in [-0.05, 0) is 0 Å². The average Bonchev–Trinajstić information content (AvgIpc) is 2.37. The molecule has 1 aromatic rings. The first-order valence-electron chi connectivity index (χ1n) is 5.60. The SMILES string of the molecule is CNc1ncnc(NCCS(=O)(=O)N(C)C)c1[N+](=O)[O-]. The molecule has 0 aliphatic rings. The molecule has 10 nitrogen and oxygen atoms in total. The highest BCUT2D eigenvalue weighted by atomic mass is 32.2. The molecule has 1 rings (SSSR count). The predicted molar refractivity (Wildman–Crippen MR) is 74.2 cm³/mol. The Labute approximate surface area is 116 Å². The molecular formula is C9H16N6O4S. The Kier molecular flexibility index (Phi) is 5.16. The van der Waals surface area contributed by atoms with E-state index in [-0.39, 0.29) is 29.6 Å². The van der Waals surface area contributed by atoms with Crippen molar-refractivity contribution < 1.29 is 13.3 Å². The Hall–Kier alpha value is -2.01. The number of aromatic nitrogens is 2. The van der Waals surface area contributed by atoms with Gasteiger partial charge in [0.25, 0.3) is 0 Å². The molecule has 0 atom stereocenters. The average molecular weight is 304 g/mol. The summed E-state index contributed by atoms with van der Waals surface area (Å²) in [5.74, 6) is -0.165. The Morgan fingerprint density at radius 2 is 1.95 bits per heavy atom. The largest absolute Gasteiger partial charge is 0.367 e. The number of nitrogens with one attached hydrogen (secondary N) is 2. The number of nitrogens with zero attached hydrogens (tertiary/aromatic N) is 4. The van der Waals surface area contributed by atoms with Gasteiger partial charge in [0.15, 0.2) is 0 Å². The monoisotopic (exact) mass is 304 g/mol. The van der Waals surface area contributed by atoms with Crippen LogP contribution in [0, 0.1) is 10.1 Å². The van der Waals surface area contributed by atoms with Crippen molar-refractivity contribution >= 4 is 27.3 Å². The van der Waals surface area contributed by atoms with E-state index in [2.05, 4.69) is 20.6 Å². The second-order valence-electron chi connectivity index (χ2n) is 3.95. The molecule has 1 aromatic heterocycles. The molecule has 0 bridgehead atoms. The van der Waals surface area contributed by atoms with Crippen LogP contribution in [0.4, 0.5) is 17.3 Å². The van der Waals surface area contributed by atoms with Gasteiger partial charge in [-0.15, -0.1) is 0 Å². The lowest BCUT2D eigenvalue weighted by molar-refractivity contribution is -0.383. The third kappa shape index (κ3) is 3.74. The second-order valence-corrected chi connectivity index (χ2v) is 6.25. The van der Waals surface area contributed by atoms with Crippen molar-refractivity contribution in [2.24, 2.45) is 0 Å². The Morgan fingerprint density at radius 1 is 1.35 bits per heavy atom. The van der Waals surface area contributed by atoms with E-state index in [4.69, 9.17) is 0 Å². The van der Waals surface area contributed by atoms with Crippen LogP contribution < -0.4 is 10.6 Å². The van der Waals surface area contributed by atoms with Gasteiger partial charge in [-0.2, -0.15) is 0 Å². The summed E-state index contributed by atoms with van der Waals surface area (Å²) in [5.41, 5.74) is -0.322. The van der Waals surface area contributed by atoms with E-state index in [1.165, 1.54) is 21.1 Å². The van der Waals surface area contributed by atoms with Gasteiger partial charge in [-0.1, -0.05) is 0 Å². The summed E-state index contributed by atoms with van der Waals surface area (Å²) in [7, 11) is 0.957. The third-order valence-electron chi connectivity index (χ3n) is 2.45. The number of sulfonamides is 1. The minimum Gasteiger partial charge on any atom is -0.367 e. The molecule has 0 aliphatic heterocycles. The first kappa shape index (κ1) is 16.0. The second kappa shape index (κ2) is 6.43. The molecule has 0 unspecified atom stereocenters. The van der Waals surface area contributed by atoms with Crippen LogP contribution in [0.5, 0.6) is 0 Å². The van der Waals surface area contributed by atoms with E-state index in [1.54, 1.807) is 0 Å². The summed E-state index contributed by atoms with van der Waals surface area (Å²) in [6.07, 6.45) is 1.15. The van der Waals surface area contributed by atoms with E-state index in [0.717, 1.165) is 10.6 Å². The smallest absolute Gasteiger partial charge is 0.353 e. The third-order valence-corrected chi connectivity index (χ3v) is 4.28. The number of rotatable bonds is 7. The molecule has 0 aliphatic carbocycles. The number of nitro groups is 1. The molecule has 0 fully saturated rings. The van der Waals surface area contributed by atoms with Gasteiger partial charge in [0.1, 0.15) is 6.33 Å². The Balaban J connectivity index is 2.86. The zero-order valence-corrected chi connectivity index (χ0v) is 12.1. The molecule has 11 heteroatoms. The molecule has 0 radical (unpaired) electrons. The maximum atomic E-state index is 11.6. The molecular weight excluding hydrogens is 288 g/mol. The zero-order chi connectivity index (χ0) is 15.3. The van der Waals surface area contributed by atoms with Gasteiger partial charge in [-0.3, -0.25) is 10.1 Å². The number of hydrogen-bond donors (Lipinski definition) is 2. The molecule has 2 N–H and O–H groups in total. The summed E-state index contributed by atoms with van der Waals surface area (Å²) in [6, 6.07) is 0. The summed E-state index contributed by atoms with van der Waals surface area (Å²) in [6.45, 7) is 0.00151. The highest BCUT2D eigenvalue weighted by Gasteiger charge is 2.22. The lowest BCUT2D eigenvalue weighted by Gasteiger charge is -2.12. The van der Waals surface area contributed by atoms with E-state index < -0.39 is 14.9 Å². The van der Waals surface area contributed by atoms with Crippen molar-refractivity contribution in [3.05, 3.63) is 16.4 Å². The fourth-order valence-electron chi connectivity index (χ4n) is 1.35. The van der Waals surface area contributed by atoms with Crippen LogP contribution in [-0.4, -0.2) is 61.1 Å². The predicted octanol–water partition coefficient (Wildman–Crippen LogP) is -0.270. The van der Waals surface area contributed by atoms with Crippen LogP contribution in [0.15, 0.2) is 6.33 Å². The molecule has 20 heavy (non-hydrogen) atoms. The normalized spacial score (nSPS) is 11.4. The zero-order valence-electron chi connectivity index (χ0n) is 11.3. The first-order valence-corrected chi connectivity index (χ1v) is 7.21. The summed E-state index contributed by atoms with van der Waals surface area (Å²) >= 11 is 0. The van der Waals surface area contributed by atoms with E-state index >= 15 is 0 Å². The summed E-state index contributed by atoms with van der Waals surface area (Å²) in [5, 5.41) is 16.2. The fourth-order valence-corrected chi connectivity index (χ4v) is 2.07. The van der Waals surface area contributed by atoms with Crippen LogP contribution in [0.25, 0.3) is 0 Å². The maximum Gasteiger partial charge on any atom is 0.353 e. The van der Waals surface area contributed by atoms with Crippen LogP contribution in [0.1, 0.15) is 0 Å². The lowest BCUT2D eigenvalue weighted by Crippen LogP contribution is -2.28. The van der Waals surface area contributed by atoms with Crippen LogP contribution in [0.3, 0.4) is 0 Å². The lowest BCUT2D eigenvalue weighted by atomic mass is 10.4. The summed E-state index contributed by atoms with van der Waals surface area (Å²) < 4.78 is 24.2. The maximum absolute atomic E-state index is 11.6. The van der Waals surface area contributed by atoms with Gasteiger partial charge < -0.3 is 10.6 Å². The standard InChI is InChI=1S/C9H16N6O4S/c1-10-8-7(15(16)17)9(13-6-12-8)11-4-5-20(18,19)14(2)3/h6H,4-5H2,1-3H3,(H2,10,11,12,13). The molecule has 0 saturated carbocycles. The van der Waals surface area contributed by atoms with Crippen LogP contribution in [-0.2, 0) is 10.0 Å². The van der Waals surface area contributed by atoms with Gasteiger partial charge in [0.2, 0.25) is 21.7 Å². The van der Waals surface area contributed by atoms with Crippen molar-refractivity contribution in [3.8, 4) is 0 Å². The van der Waals surface area contributed by atoms with E-state index in [9.17, 15) is 18.5 Å². The molecule has 1 heterocycles. The molecule has 0 amide bonds. The van der Waals surface area contributed by atoms with Gasteiger partial charge in [0, 0.05) is 27.7 Å². The minimum absolute atomic E-state index is 0.00151. The van der Waals surface area contributed by atoms with Gasteiger partial charge >= 0.3 is 5.69 Å². The fraction of sp³-hybridized carbons (Fsp3) is 0.556. The van der Waals surface area contributed by atoms with Gasteiger partial charge in [0.05, 0.1) is 10.7 Å². The van der Waals surface area contributed by atoms with Gasteiger partial charge in [-0.25, -0.2) is 22.7 Å². The topological polar surface area (TPSA) is 130 Å². The minimum atomic E-state index is -3.38. The molecule has 112 valence electrons. The molecule has 0 aromatic carbocycles. The van der Waals surface area contributed by atoms with Crippen LogP contribution >= 0.6 is 0 Å². The summed E-state index contributed by atoms with van der Waals surface area (Å²) in [4.78, 5) is 17.9. The molecule has 0 saturated heterocycles. The van der Waals surface area contributed by atoms with Crippen molar-refractivity contribution in [2.45, 2.75) is 0 Å². The Bertz CT molecular complexity index is 588. The van der Waals surface area contributed by atoms with Crippen molar-refractivity contribution in [2.75, 3.05) is 44.1 Å². The van der Waals surface area contributed by atoms with Crippen LogP contribution in [0.2, 0.25) is 0 Å². The Morgan fingerprint density at radius 3 is 2.45 bits per heavy atom. The number of hydrogen-bond acceptors (Lipinski definition) is 8. The van der Waals surface area contributed by atoms with E-state index in [0.29, 0.717) is 0 Å². The van der Waals surface area contributed by atoms with Crippen molar-refractivity contribution in [1.82, 2.24) is 14.3 Å². The van der Waals surface area contributed by atoms with Crippen molar-refractivity contribution in [3.63, 3.8) is 0 Å². The highest BCUT2D eigenvalue weighted by Crippen LogP contribution is 2.27.